The Morgan fingerprint density at radius 3 is 0.913 bits per heavy atom. The van der Waals surface area contributed by atoms with Gasteiger partial charge < -0.3 is 0 Å². The summed E-state index contributed by atoms with van der Waals surface area (Å²) in [5.41, 5.74) is -0.712. The van der Waals surface area contributed by atoms with E-state index in [-0.39, 0.29) is 105 Å². The second-order valence-electron chi connectivity index (χ2n) is 36.6. The average molecular weight is 1500 g/mol. The van der Waals surface area contributed by atoms with Crippen molar-refractivity contribution in [3.8, 4) is 0 Å². The van der Waals surface area contributed by atoms with Crippen molar-refractivity contribution in [2.75, 3.05) is 0 Å². The lowest BCUT2D eigenvalue weighted by atomic mass is 9.77. The summed E-state index contributed by atoms with van der Waals surface area (Å²) in [4.78, 5) is 0. The van der Waals surface area contributed by atoms with Gasteiger partial charge in [-0.05, 0) is 204 Å². The Balaban J connectivity index is -0.0000000878. The Labute approximate surface area is 651 Å². The van der Waals surface area contributed by atoms with Crippen molar-refractivity contribution in [3.63, 3.8) is 0 Å². The average Bonchev–Trinajstić information content (AvgIpc) is 1.71. The molecule has 0 heterocycles. The van der Waals surface area contributed by atoms with Gasteiger partial charge in [-0.2, -0.15) is 0 Å². The molecule has 8 fully saturated rings. The van der Waals surface area contributed by atoms with Crippen molar-refractivity contribution in [2.24, 2.45) is 106 Å². The van der Waals surface area contributed by atoms with E-state index >= 15 is 0 Å². The van der Waals surface area contributed by atoms with Crippen LogP contribution in [0.2, 0.25) is 0 Å². The number of alkyl halides is 8. The molecule has 9 rings (SSSR count). The summed E-state index contributed by atoms with van der Waals surface area (Å²) in [5.74, 6) is 2.79. The number of unbranched alkanes of at least 4 members (excludes halogenated alkanes) is 1. The highest BCUT2D eigenvalue weighted by molar-refractivity contribution is 4.97. The van der Waals surface area contributed by atoms with Gasteiger partial charge in [0.15, 0.2) is 0 Å². The van der Waals surface area contributed by atoms with Crippen LogP contribution in [0.15, 0.2) is 12.2 Å². The minimum absolute atomic E-state index is 0. The predicted molar refractivity (Wildman–Crippen MR) is 464 cm³/mol. The maximum atomic E-state index is 13.2. The highest BCUT2D eigenvalue weighted by Crippen LogP contribution is 2.52. The van der Waals surface area contributed by atoms with Crippen LogP contribution in [0, 0.1) is 106 Å². The van der Waals surface area contributed by atoms with E-state index in [2.05, 4.69) is 158 Å². The topological polar surface area (TPSA) is 0 Å². The SMILES string of the molecule is C.C.C.C.C.C.C.C.C.C.CC(C)C(F)(F)C1CCC1.CC(C)CC1(C)CC1.CC(C)CC1(F)CC1.CC(C)CC1(F)CCC1.CC(C)CC1C=CCC1.CC(C)CC1CC(F)(F)C1.CC(C)CC1CC1(F)F.CC(C)CC1CCC1.CC(C)CCC1CCC1.CCCC(C)C.CCCCC(C)C. The molecule has 0 aromatic rings. The molecule has 0 aromatic carbocycles. The second kappa shape index (κ2) is 66.9. The normalized spacial score (nSPS) is 20.0. The fourth-order valence-electron chi connectivity index (χ4n) is 13.4. The van der Waals surface area contributed by atoms with Gasteiger partial charge in [0, 0.05) is 37.0 Å². The lowest BCUT2D eigenvalue weighted by Gasteiger charge is -2.35. The Morgan fingerprint density at radius 1 is 0.379 bits per heavy atom. The first kappa shape index (κ1) is 129. The summed E-state index contributed by atoms with van der Waals surface area (Å²) in [7, 11) is 0. The van der Waals surface area contributed by atoms with Gasteiger partial charge in [-0.3, -0.25) is 0 Å². The van der Waals surface area contributed by atoms with Gasteiger partial charge in [0.05, 0.1) is 0 Å². The van der Waals surface area contributed by atoms with E-state index < -0.39 is 35.0 Å². The van der Waals surface area contributed by atoms with Crippen LogP contribution in [-0.2, 0) is 0 Å². The van der Waals surface area contributed by atoms with Gasteiger partial charge in [0.2, 0.25) is 5.92 Å². The highest BCUT2D eigenvalue weighted by Gasteiger charge is 2.56. The first-order valence-electron chi connectivity index (χ1n) is 40.0. The van der Waals surface area contributed by atoms with Gasteiger partial charge in [0.25, 0.3) is 11.8 Å². The summed E-state index contributed by atoms with van der Waals surface area (Å²) >= 11 is 0. The van der Waals surface area contributed by atoms with E-state index in [0.29, 0.717) is 36.0 Å². The van der Waals surface area contributed by atoms with Crippen LogP contribution in [0.4, 0.5) is 35.1 Å². The zero-order valence-corrected chi connectivity index (χ0v) is 66.7. The molecule has 8 heteroatoms. The molecule has 0 radical (unpaired) electrons. The quantitative estimate of drug-likeness (QED) is 0.0667. The molecule has 0 aliphatic heterocycles. The summed E-state index contributed by atoms with van der Waals surface area (Å²) in [6.45, 7) is 54.0. The fourth-order valence-corrected chi connectivity index (χ4v) is 13.4. The van der Waals surface area contributed by atoms with Crippen LogP contribution in [0.25, 0.3) is 0 Å². The number of halogens is 8. The number of rotatable bonds is 24. The first-order valence-corrected chi connectivity index (χ1v) is 40.0. The molecule has 640 valence electrons. The molecule has 0 N–H and O–H groups in total. The summed E-state index contributed by atoms with van der Waals surface area (Å²) < 4.78 is 101. The van der Waals surface area contributed by atoms with Crippen LogP contribution in [0.3, 0.4) is 0 Å². The van der Waals surface area contributed by atoms with Gasteiger partial charge in [-0.1, -0.05) is 349 Å². The van der Waals surface area contributed by atoms with E-state index in [9.17, 15) is 35.1 Å². The Bertz CT molecular complexity index is 1710. The van der Waals surface area contributed by atoms with Crippen molar-refractivity contribution >= 4 is 0 Å². The minimum atomic E-state index is -2.40. The molecule has 0 aromatic heterocycles. The Morgan fingerprint density at radius 2 is 0.757 bits per heavy atom. The molecule has 0 nitrogen and oxygen atoms in total. The molecule has 9 aliphatic rings. The predicted octanol–water partition coefficient (Wildman–Crippen LogP) is 37.8. The van der Waals surface area contributed by atoms with Crippen molar-refractivity contribution in [1.29, 1.82) is 0 Å². The second-order valence-corrected chi connectivity index (χ2v) is 36.6. The first-order chi connectivity index (χ1) is 42.8. The molecule has 0 amide bonds. The maximum absolute atomic E-state index is 13.2. The molecule has 0 bridgehead atoms. The van der Waals surface area contributed by atoms with Crippen LogP contribution >= 0.6 is 0 Å². The van der Waals surface area contributed by atoms with Gasteiger partial charge >= 0.3 is 0 Å². The Kier molecular flexibility index (Phi) is 83.6. The molecular weight excluding hydrogens is 1290 g/mol. The molecular formula is C95H204F8. The van der Waals surface area contributed by atoms with Gasteiger partial charge in [-0.15, -0.1) is 0 Å². The summed E-state index contributed by atoms with van der Waals surface area (Å²) in [6.07, 6.45) is 43.9. The van der Waals surface area contributed by atoms with Crippen molar-refractivity contribution in [2.45, 2.75) is 501 Å². The Hall–Kier alpha value is -0.820. The lowest BCUT2D eigenvalue weighted by Crippen LogP contribution is -2.37. The summed E-state index contributed by atoms with van der Waals surface area (Å²) in [5, 5.41) is 0. The van der Waals surface area contributed by atoms with E-state index in [4.69, 9.17) is 0 Å². The number of hydrogen-bond acceptors (Lipinski definition) is 0. The lowest BCUT2D eigenvalue weighted by molar-refractivity contribution is -0.122. The summed E-state index contributed by atoms with van der Waals surface area (Å²) in [6, 6.07) is 0. The third-order valence-corrected chi connectivity index (χ3v) is 20.0. The molecule has 0 spiro atoms. The van der Waals surface area contributed by atoms with E-state index in [1.807, 2.05) is 13.8 Å². The van der Waals surface area contributed by atoms with Crippen LogP contribution < -0.4 is 0 Å². The molecule has 103 heavy (non-hydrogen) atoms. The van der Waals surface area contributed by atoms with Gasteiger partial charge in [0.1, 0.15) is 11.3 Å². The zero-order chi connectivity index (χ0) is 72.0. The third kappa shape index (κ3) is 73.7. The van der Waals surface area contributed by atoms with Gasteiger partial charge in [-0.25, -0.2) is 35.1 Å². The van der Waals surface area contributed by atoms with Crippen LogP contribution in [0.5, 0.6) is 0 Å². The monoisotopic (exact) mass is 1500 g/mol. The van der Waals surface area contributed by atoms with E-state index in [1.54, 1.807) is 13.8 Å². The minimum Gasteiger partial charge on any atom is -0.244 e. The number of allylic oxidation sites excluding steroid dienone is 2. The number of hydrogen-bond donors (Lipinski definition) is 0. The maximum Gasteiger partial charge on any atom is 0.253 e. The molecule has 0 saturated heterocycles. The molecule has 9 aliphatic carbocycles. The van der Waals surface area contributed by atoms with Crippen molar-refractivity contribution in [3.05, 3.63) is 12.2 Å². The molecule has 2 unspecified atom stereocenters. The van der Waals surface area contributed by atoms with E-state index in [1.165, 1.54) is 128 Å². The zero-order valence-electron chi connectivity index (χ0n) is 66.7. The molecule has 8 saturated carbocycles. The van der Waals surface area contributed by atoms with E-state index in [0.717, 1.165) is 129 Å². The standard InChI is InChI=1S/C9H18.C9H16.2C8H14F2.C8H15F.2C8H16.C7H12F2.C7H13F.C7H16.C6H14.10CH4/c1-8(2)6-7-9-4-3-5-9;1-8(2)7-9-5-3-4-6-9;1-6(2)3-7-4-8(9,10)5-7;1-6(2)8(9,10)7-4-3-5-7;1-7(2)6-8(9)4-3-5-8;1-7(2)6-8(3)4-5-8;1-7(2)6-8-4-3-5-8;1-5(2)3-6-4-7(6,8)9;1-6(2)5-7(8)3-4-7;1-4-5-6-7(2)3;1-4-5-6(2)3;;;;;;;;;;/h8-9H,3-7H2,1-2H3;3,5,8-9H,4,6-7H2,1-2H3;2*6-7H,3-5H2,1-2H3;7H,3-6H2,1-2H3;7H,4-6H2,1-3H3;7-8H,3-6H2,1-2H3;5-6H,3-4H2,1-2H3;6H,3-5H2,1-2H3;7H,4-6H2,1-3H3;6H,4-5H2,1-3H3;10*1H4. The van der Waals surface area contributed by atoms with Crippen LogP contribution in [-0.4, -0.2) is 29.1 Å². The third-order valence-electron chi connectivity index (χ3n) is 20.0. The highest BCUT2D eigenvalue weighted by atomic mass is 19.3. The van der Waals surface area contributed by atoms with Crippen molar-refractivity contribution < 1.29 is 35.1 Å². The van der Waals surface area contributed by atoms with Crippen LogP contribution in [0.1, 0.15) is 472 Å². The molecule has 2 atom stereocenters. The fraction of sp³-hybridized carbons (Fsp3) is 0.979. The van der Waals surface area contributed by atoms with Crippen molar-refractivity contribution in [1.82, 2.24) is 0 Å². The smallest absolute Gasteiger partial charge is 0.244 e. The largest absolute Gasteiger partial charge is 0.253 e.